The fraction of sp³-hybridized carbons (Fsp3) is 0.364. The van der Waals surface area contributed by atoms with E-state index >= 15 is 0 Å². The number of amides is 2. The van der Waals surface area contributed by atoms with Crippen LogP contribution in [0, 0.1) is 5.92 Å². The standard InChI is InChI=1S/C22H27N3O2/c1-16(2)22(27)25-14-12-18(13-15-25)24-21(26)19-10-6-7-11-20(19)23-17-8-4-3-5-9-17/h3-11,16,18,23H,12-15H2,1-2H3,(H,24,26). The third-order valence-electron chi connectivity index (χ3n) is 4.86. The van der Waals surface area contributed by atoms with Crippen LogP contribution in [0.15, 0.2) is 54.6 Å². The number of carbonyl (C=O) groups is 2. The van der Waals surface area contributed by atoms with Crippen LogP contribution in [0.25, 0.3) is 0 Å². The van der Waals surface area contributed by atoms with Crippen molar-refractivity contribution in [2.24, 2.45) is 5.92 Å². The van der Waals surface area contributed by atoms with E-state index in [1.165, 1.54) is 0 Å². The molecule has 3 rings (SSSR count). The van der Waals surface area contributed by atoms with Gasteiger partial charge in [0.1, 0.15) is 0 Å². The van der Waals surface area contributed by atoms with Crippen LogP contribution < -0.4 is 10.6 Å². The molecule has 0 saturated carbocycles. The first-order valence-corrected chi connectivity index (χ1v) is 9.55. The number of hydrogen-bond donors (Lipinski definition) is 2. The summed E-state index contributed by atoms with van der Waals surface area (Å²) < 4.78 is 0. The lowest BCUT2D eigenvalue weighted by atomic mass is 10.0. The van der Waals surface area contributed by atoms with E-state index in [4.69, 9.17) is 0 Å². The summed E-state index contributed by atoms with van der Waals surface area (Å²) in [5, 5.41) is 6.44. The number of rotatable bonds is 5. The number of carbonyl (C=O) groups excluding carboxylic acids is 2. The number of hydrogen-bond acceptors (Lipinski definition) is 3. The molecule has 142 valence electrons. The van der Waals surface area contributed by atoms with Crippen LogP contribution in [0.3, 0.4) is 0 Å². The normalized spacial score (nSPS) is 14.9. The molecule has 0 bridgehead atoms. The van der Waals surface area contributed by atoms with E-state index in [9.17, 15) is 9.59 Å². The van der Waals surface area contributed by atoms with Gasteiger partial charge in [0, 0.05) is 30.7 Å². The molecule has 1 heterocycles. The lowest BCUT2D eigenvalue weighted by Gasteiger charge is -2.33. The molecular weight excluding hydrogens is 338 g/mol. The van der Waals surface area contributed by atoms with Crippen molar-refractivity contribution in [3.8, 4) is 0 Å². The summed E-state index contributed by atoms with van der Waals surface area (Å²) in [6.07, 6.45) is 1.58. The Kier molecular flexibility index (Phi) is 6.12. The maximum atomic E-state index is 12.8. The molecule has 2 amide bonds. The molecule has 27 heavy (non-hydrogen) atoms. The van der Waals surface area contributed by atoms with Gasteiger partial charge in [-0.2, -0.15) is 0 Å². The highest BCUT2D eigenvalue weighted by Gasteiger charge is 2.25. The van der Waals surface area contributed by atoms with Crippen molar-refractivity contribution in [3.05, 3.63) is 60.2 Å². The van der Waals surface area contributed by atoms with Crippen LogP contribution in [0.1, 0.15) is 37.0 Å². The van der Waals surface area contributed by atoms with E-state index < -0.39 is 0 Å². The molecule has 0 aliphatic carbocycles. The Bertz CT molecular complexity index is 781. The van der Waals surface area contributed by atoms with Gasteiger partial charge in [-0.05, 0) is 37.1 Å². The highest BCUT2D eigenvalue weighted by atomic mass is 16.2. The lowest BCUT2D eigenvalue weighted by Crippen LogP contribution is -2.47. The molecule has 0 radical (unpaired) electrons. The third-order valence-corrected chi connectivity index (χ3v) is 4.86. The van der Waals surface area contributed by atoms with Crippen molar-refractivity contribution >= 4 is 23.2 Å². The van der Waals surface area contributed by atoms with Gasteiger partial charge in [0.2, 0.25) is 5.91 Å². The Morgan fingerprint density at radius 1 is 0.963 bits per heavy atom. The molecule has 1 aliphatic rings. The summed E-state index contributed by atoms with van der Waals surface area (Å²) in [4.78, 5) is 26.8. The predicted octanol–water partition coefficient (Wildman–Crippen LogP) is 3.81. The monoisotopic (exact) mass is 365 g/mol. The number of para-hydroxylation sites is 2. The molecule has 2 aromatic carbocycles. The molecule has 0 aromatic heterocycles. The van der Waals surface area contributed by atoms with Crippen LogP contribution in [0.5, 0.6) is 0 Å². The van der Waals surface area contributed by atoms with Gasteiger partial charge in [0.25, 0.3) is 5.91 Å². The van der Waals surface area contributed by atoms with Crippen molar-refractivity contribution in [2.75, 3.05) is 18.4 Å². The van der Waals surface area contributed by atoms with Crippen LogP contribution in [0.4, 0.5) is 11.4 Å². The SMILES string of the molecule is CC(C)C(=O)N1CCC(NC(=O)c2ccccc2Nc2ccccc2)CC1. The summed E-state index contributed by atoms with van der Waals surface area (Å²) in [5.41, 5.74) is 2.36. The Morgan fingerprint density at radius 3 is 2.26 bits per heavy atom. The molecule has 1 fully saturated rings. The summed E-state index contributed by atoms with van der Waals surface area (Å²) in [5.74, 6) is 0.131. The van der Waals surface area contributed by atoms with E-state index in [2.05, 4.69) is 10.6 Å². The zero-order chi connectivity index (χ0) is 19.2. The topological polar surface area (TPSA) is 61.4 Å². The Labute approximate surface area is 160 Å². The first-order chi connectivity index (χ1) is 13.0. The molecule has 5 nitrogen and oxygen atoms in total. The van der Waals surface area contributed by atoms with E-state index in [1.807, 2.05) is 73.3 Å². The number of piperidine rings is 1. The molecule has 0 unspecified atom stereocenters. The number of anilines is 2. The quantitative estimate of drug-likeness (QED) is 0.847. The molecule has 5 heteroatoms. The molecule has 0 spiro atoms. The average Bonchev–Trinajstić information content (AvgIpc) is 2.69. The molecule has 0 atom stereocenters. The maximum Gasteiger partial charge on any atom is 0.253 e. The zero-order valence-corrected chi connectivity index (χ0v) is 15.9. The number of nitrogens with one attached hydrogen (secondary N) is 2. The largest absolute Gasteiger partial charge is 0.355 e. The van der Waals surface area contributed by atoms with Crippen LogP contribution in [-0.4, -0.2) is 35.8 Å². The van der Waals surface area contributed by atoms with Gasteiger partial charge in [-0.25, -0.2) is 0 Å². The Morgan fingerprint density at radius 2 is 1.59 bits per heavy atom. The van der Waals surface area contributed by atoms with Crippen molar-refractivity contribution in [1.29, 1.82) is 0 Å². The van der Waals surface area contributed by atoms with Crippen molar-refractivity contribution in [1.82, 2.24) is 10.2 Å². The Hall–Kier alpha value is -2.82. The third kappa shape index (κ3) is 4.88. The molecule has 2 aromatic rings. The summed E-state index contributed by atoms with van der Waals surface area (Å²) in [7, 11) is 0. The van der Waals surface area contributed by atoms with Gasteiger partial charge in [-0.15, -0.1) is 0 Å². The van der Waals surface area contributed by atoms with Crippen LogP contribution in [-0.2, 0) is 4.79 Å². The molecular formula is C22H27N3O2. The number of likely N-dealkylation sites (tertiary alicyclic amines) is 1. The smallest absolute Gasteiger partial charge is 0.253 e. The van der Waals surface area contributed by atoms with Gasteiger partial charge < -0.3 is 15.5 Å². The second-order valence-corrected chi connectivity index (χ2v) is 7.26. The fourth-order valence-electron chi connectivity index (χ4n) is 3.34. The summed E-state index contributed by atoms with van der Waals surface area (Å²) in [6, 6.07) is 17.4. The van der Waals surface area contributed by atoms with Crippen molar-refractivity contribution < 1.29 is 9.59 Å². The van der Waals surface area contributed by atoms with Crippen LogP contribution in [0.2, 0.25) is 0 Å². The van der Waals surface area contributed by atoms with Gasteiger partial charge in [-0.3, -0.25) is 9.59 Å². The molecule has 1 saturated heterocycles. The summed E-state index contributed by atoms with van der Waals surface area (Å²) in [6.45, 7) is 5.25. The Balaban J connectivity index is 1.61. The minimum absolute atomic E-state index is 0.0204. The van der Waals surface area contributed by atoms with Crippen LogP contribution >= 0.6 is 0 Å². The first-order valence-electron chi connectivity index (χ1n) is 9.55. The summed E-state index contributed by atoms with van der Waals surface area (Å²) >= 11 is 0. The maximum absolute atomic E-state index is 12.8. The second-order valence-electron chi connectivity index (χ2n) is 7.26. The fourth-order valence-corrected chi connectivity index (χ4v) is 3.34. The average molecular weight is 365 g/mol. The highest BCUT2D eigenvalue weighted by molar-refractivity contribution is 6.00. The minimum atomic E-state index is -0.0809. The highest BCUT2D eigenvalue weighted by Crippen LogP contribution is 2.21. The minimum Gasteiger partial charge on any atom is -0.355 e. The van der Waals surface area contributed by atoms with E-state index in [0.717, 1.165) is 24.2 Å². The van der Waals surface area contributed by atoms with Gasteiger partial charge in [0.05, 0.1) is 11.3 Å². The van der Waals surface area contributed by atoms with E-state index in [0.29, 0.717) is 18.7 Å². The number of nitrogens with zero attached hydrogens (tertiary/aromatic N) is 1. The molecule has 2 N–H and O–H groups in total. The van der Waals surface area contributed by atoms with E-state index in [1.54, 1.807) is 0 Å². The van der Waals surface area contributed by atoms with E-state index in [-0.39, 0.29) is 23.8 Å². The van der Waals surface area contributed by atoms with Gasteiger partial charge in [-0.1, -0.05) is 44.2 Å². The van der Waals surface area contributed by atoms with Crippen molar-refractivity contribution in [2.45, 2.75) is 32.7 Å². The first kappa shape index (κ1) is 19.0. The van der Waals surface area contributed by atoms with Crippen molar-refractivity contribution in [3.63, 3.8) is 0 Å². The van der Waals surface area contributed by atoms with Gasteiger partial charge in [0.15, 0.2) is 0 Å². The molecule has 1 aliphatic heterocycles. The second kappa shape index (κ2) is 8.71. The predicted molar refractivity (Wildman–Crippen MR) is 108 cm³/mol. The number of benzene rings is 2. The zero-order valence-electron chi connectivity index (χ0n) is 15.9. The van der Waals surface area contributed by atoms with Gasteiger partial charge >= 0.3 is 0 Å². The lowest BCUT2D eigenvalue weighted by molar-refractivity contribution is -0.135.